The highest BCUT2D eigenvalue weighted by molar-refractivity contribution is 7.15. The van der Waals surface area contributed by atoms with Crippen LogP contribution < -0.4 is 4.90 Å². The molecule has 6 heteroatoms. The lowest BCUT2D eigenvalue weighted by molar-refractivity contribution is -0.0671. The molecule has 0 radical (unpaired) electrons. The van der Waals surface area contributed by atoms with E-state index in [0.717, 1.165) is 36.1 Å². The number of aryl methyl sites for hydroxylation is 1. The molecule has 0 aromatic carbocycles. The van der Waals surface area contributed by atoms with Crippen LogP contribution in [0.3, 0.4) is 0 Å². The minimum absolute atomic E-state index is 0.104. The molecule has 104 valence electrons. The first kappa shape index (κ1) is 13.0. The van der Waals surface area contributed by atoms with E-state index in [4.69, 9.17) is 9.47 Å². The van der Waals surface area contributed by atoms with E-state index in [1.807, 2.05) is 6.92 Å². The molecule has 3 atom stereocenters. The Morgan fingerprint density at radius 1 is 1.58 bits per heavy atom. The molecule has 0 unspecified atom stereocenters. The smallest absolute Gasteiger partial charge is 0.208 e. The van der Waals surface area contributed by atoms with Crippen LogP contribution in [0.25, 0.3) is 0 Å². The van der Waals surface area contributed by atoms with E-state index in [-0.39, 0.29) is 12.2 Å². The summed E-state index contributed by atoms with van der Waals surface area (Å²) in [7, 11) is 0. The van der Waals surface area contributed by atoms with Crippen LogP contribution >= 0.6 is 11.3 Å². The summed E-state index contributed by atoms with van der Waals surface area (Å²) < 4.78 is 11.8. The third-order valence-electron chi connectivity index (χ3n) is 3.67. The average Bonchev–Trinajstić information content (AvgIpc) is 3.00. The number of nitrogens with zero attached hydrogens (tertiary/aromatic N) is 3. The van der Waals surface area contributed by atoms with E-state index in [1.54, 1.807) is 17.4 Å². The second-order valence-electron chi connectivity index (χ2n) is 4.96. The van der Waals surface area contributed by atoms with Gasteiger partial charge in [-0.15, -0.1) is 16.8 Å². The second-order valence-corrected chi connectivity index (χ2v) is 6.12. The normalized spacial score (nSPS) is 30.4. The molecule has 3 heterocycles. The zero-order valence-corrected chi connectivity index (χ0v) is 11.9. The SMILES string of the molecule is C=CCO[C@@H]1CN(c2nnc(C)s2)[C@H]2CCCO[C@@H]12. The Morgan fingerprint density at radius 3 is 3.21 bits per heavy atom. The molecule has 5 nitrogen and oxygen atoms in total. The van der Waals surface area contributed by atoms with E-state index in [0.29, 0.717) is 12.6 Å². The van der Waals surface area contributed by atoms with Crippen LogP contribution in [0, 0.1) is 6.92 Å². The zero-order chi connectivity index (χ0) is 13.2. The maximum absolute atomic E-state index is 5.93. The third kappa shape index (κ3) is 2.52. The topological polar surface area (TPSA) is 47.5 Å². The van der Waals surface area contributed by atoms with Crippen molar-refractivity contribution < 1.29 is 9.47 Å². The number of anilines is 1. The van der Waals surface area contributed by atoms with Crippen LogP contribution in [0.1, 0.15) is 17.8 Å². The summed E-state index contributed by atoms with van der Waals surface area (Å²) in [6.07, 6.45) is 4.28. The Hall–Kier alpha value is -0.980. The molecule has 0 spiro atoms. The molecular formula is C13H19N3O2S. The predicted molar refractivity (Wildman–Crippen MR) is 74.7 cm³/mol. The van der Waals surface area contributed by atoms with Gasteiger partial charge in [-0.1, -0.05) is 17.4 Å². The van der Waals surface area contributed by atoms with Gasteiger partial charge in [0, 0.05) is 13.2 Å². The summed E-state index contributed by atoms with van der Waals surface area (Å²) in [4.78, 5) is 2.31. The maximum Gasteiger partial charge on any atom is 0.208 e. The van der Waals surface area contributed by atoms with Crippen LogP contribution in [0.15, 0.2) is 12.7 Å². The van der Waals surface area contributed by atoms with E-state index < -0.39 is 0 Å². The van der Waals surface area contributed by atoms with Gasteiger partial charge in [-0.05, 0) is 19.8 Å². The molecule has 0 bridgehead atoms. The van der Waals surface area contributed by atoms with Crippen LogP contribution in [-0.4, -0.2) is 48.2 Å². The quantitative estimate of drug-likeness (QED) is 0.787. The Labute approximate surface area is 117 Å². The first-order chi connectivity index (χ1) is 9.29. The van der Waals surface area contributed by atoms with Crippen molar-refractivity contribution >= 4 is 16.5 Å². The molecular weight excluding hydrogens is 262 g/mol. The van der Waals surface area contributed by atoms with E-state index >= 15 is 0 Å². The minimum atomic E-state index is 0.104. The summed E-state index contributed by atoms with van der Waals surface area (Å²) in [5.41, 5.74) is 0. The molecule has 3 rings (SSSR count). The molecule has 19 heavy (non-hydrogen) atoms. The van der Waals surface area contributed by atoms with Gasteiger partial charge in [-0.3, -0.25) is 0 Å². The fourth-order valence-electron chi connectivity index (χ4n) is 2.87. The Bertz CT molecular complexity index is 451. The maximum atomic E-state index is 5.93. The fourth-order valence-corrected chi connectivity index (χ4v) is 3.62. The van der Waals surface area contributed by atoms with Crippen LogP contribution in [0.5, 0.6) is 0 Å². The molecule has 2 aliphatic heterocycles. The van der Waals surface area contributed by atoms with Gasteiger partial charge in [0.25, 0.3) is 0 Å². The molecule has 0 aliphatic carbocycles. The van der Waals surface area contributed by atoms with Crippen molar-refractivity contribution in [2.75, 3.05) is 24.7 Å². The number of hydrogen-bond acceptors (Lipinski definition) is 6. The fraction of sp³-hybridized carbons (Fsp3) is 0.692. The predicted octanol–water partition coefficient (Wildman–Crippen LogP) is 1.79. The van der Waals surface area contributed by atoms with E-state index in [9.17, 15) is 0 Å². The molecule has 0 amide bonds. The van der Waals surface area contributed by atoms with Crippen LogP contribution in [0.2, 0.25) is 0 Å². The first-order valence-corrected chi connectivity index (χ1v) is 7.52. The first-order valence-electron chi connectivity index (χ1n) is 6.70. The number of aromatic nitrogens is 2. The van der Waals surface area contributed by atoms with Crippen molar-refractivity contribution in [2.24, 2.45) is 0 Å². The summed E-state index contributed by atoms with van der Waals surface area (Å²) >= 11 is 1.64. The number of ether oxygens (including phenoxy) is 2. The molecule has 2 fully saturated rings. The summed E-state index contributed by atoms with van der Waals surface area (Å²) in [5, 5.41) is 10.4. The average molecular weight is 281 g/mol. The summed E-state index contributed by atoms with van der Waals surface area (Å²) in [6.45, 7) is 7.92. The molecule has 2 aliphatic rings. The zero-order valence-electron chi connectivity index (χ0n) is 11.1. The van der Waals surface area contributed by atoms with Crippen molar-refractivity contribution in [1.29, 1.82) is 0 Å². The monoisotopic (exact) mass is 281 g/mol. The molecule has 0 N–H and O–H groups in total. The lowest BCUT2D eigenvalue weighted by atomic mass is 10.0. The lowest BCUT2D eigenvalue weighted by Gasteiger charge is -2.31. The highest BCUT2D eigenvalue weighted by Gasteiger charge is 2.45. The Balaban J connectivity index is 1.79. The highest BCUT2D eigenvalue weighted by Crippen LogP contribution is 2.35. The largest absolute Gasteiger partial charge is 0.373 e. The van der Waals surface area contributed by atoms with Crippen LogP contribution in [0.4, 0.5) is 5.13 Å². The van der Waals surface area contributed by atoms with E-state index in [2.05, 4.69) is 21.7 Å². The molecule has 1 aromatic heterocycles. The number of hydrogen-bond donors (Lipinski definition) is 0. The van der Waals surface area contributed by atoms with E-state index in [1.165, 1.54) is 0 Å². The molecule has 0 saturated carbocycles. The number of fused-ring (bicyclic) bond motifs is 1. The van der Waals surface area contributed by atoms with Gasteiger partial charge < -0.3 is 14.4 Å². The van der Waals surface area contributed by atoms with Gasteiger partial charge in [0.05, 0.1) is 12.6 Å². The van der Waals surface area contributed by atoms with Gasteiger partial charge in [0.15, 0.2) is 0 Å². The summed E-state index contributed by atoms with van der Waals surface area (Å²) in [6, 6.07) is 0.371. The molecule has 1 aromatic rings. The van der Waals surface area contributed by atoms with Gasteiger partial charge in [0.1, 0.15) is 17.2 Å². The Kier molecular flexibility index (Phi) is 3.81. The van der Waals surface area contributed by atoms with Gasteiger partial charge in [-0.25, -0.2) is 0 Å². The molecule has 2 saturated heterocycles. The van der Waals surface area contributed by atoms with Crippen molar-refractivity contribution in [3.63, 3.8) is 0 Å². The van der Waals surface area contributed by atoms with Gasteiger partial charge in [-0.2, -0.15) is 0 Å². The van der Waals surface area contributed by atoms with Crippen molar-refractivity contribution in [1.82, 2.24) is 10.2 Å². The van der Waals surface area contributed by atoms with Gasteiger partial charge in [0.2, 0.25) is 5.13 Å². The van der Waals surface area contributed by atoms with Crippen molar-refractivity contribution in [2.45, 2.75) is 38.0 Å². The Morgan fingerprint density at radius 2 is 2.47 bits per heavy atom. The third-order valence-corrected chi connectivity index (χ3v) is 4.54. The minimum Gasteiger partial charge on any atom is -0.373 e. The van der Waals surface area contributed by atoms with Crippen molar-refractivity contribution in [3.8, 4) is 0 Å². The van der Waals surface area contributed by atoms with Gasteiger partial charge >= 0.3 is 0 Å². The number of rotatable bonds is 4. The van der Waals surface area contributed by atoms with Crippen molar-refractivity contribution in [3.05, 3.63) is 17.7 Å². The lowest BCUT2D eigenvalue weighted by Crippen LogP contribution is -2.42. The summed E-state index contributed by atoms with van der Waals surface area (Å²) in [5.74, 6) is 0. The highest BCUT2D eigenvalue weighted by atomic mass is 32.1. The second kappa shape index (κ2) is 5.56. The van der Waals surface area contributed by atoms with Crippen LogP contribution in [-0.2, 0) is 9.47 Å². The standard InChI is InChI=1S/C13H19N3O2S/c1-3-6-17-11-8-16(13-15-14-9(2)19-13)10-5-4-7-18-12(10)11/h3,10-12H,1,4-8H2,2H3/t10-,11+,12+/m0/s1.